The summed E-state index contributed by atoms with van der Waals surface area (Å²) in [5, 5.41) is 3.33. The summed E-state index contributed by atoms with van der Waals surface area (Å²) in [7, 11) is 1.35. The van der Waals surface area contributed by atoms with Crippen molar-refractivity contribution in [3.05, 3.63) is 77.0 Å². The number of morpholine rings is 1. The van der Waals surface area contributed by atoms with E-state index in [2.05, 4.69) is 15.2 Å². The van der Waals surface area contributed by atoms with E-state index in [0.29, 0.717) is 48.1 Å². The molecular weight excluding hydrogens is 399 g/mol. The van der Waals surface area contributed by atoms with Crippen molar-refractivity contribution in [2.45, 2.75) is 12.5 Å². The minimum absolute atomic E-state index is 0.354. The number of aromatic nitrogens is 1. The van der Waals surface area contributed by atoms with Crippen LogP contribution in [0.2, 0.25) is 0 Å². The van der Waals surface area contributed by atoms with Crippen molar-refractivity contribution in [1.29, 1.82) is 0 Å². The van der Waals surface area contributed by atoms with Crippen LogP contribution in [-0.4, -0.2) is 61.6 Å². The Balaban J connectivity index is 1.85. The van der Waals surface area contributed by atoms with Crippen LogP contribution in [0.25, 0.3) is 0 Å². The Morgan fingerprint density at radius 1 is 1.23 bits per heavy atom. The maximum absolute atomic E-state index is 13.6. The molecule has 1 N–H and O–H groups in total. The molecule has 1 atom stereocenters. The molecule has 0 amide bonds. The van der Waals surface area contributed by atoms with Gasteiger partial charge in [0.15, 0.2) is 5.84 Å². The molecule has 0 aliphatic carbocycles. The summed E-state index contributed by atoms with van der Waals surface area (Å²) in [5.41, 5.74) is 1.34. The van der Waals surface area contributed by atoms with E-state index >= 15 is 0 Å². The molecule has 1 fully saturated rings. The van der Waals surface area contributed by atoms with Crippen molar-refractivity contribution in [3.63, 3.8) is 0 Å². The van der Waals surface area contributed by atoms with E-state index < -0.39 is 11.5 Å². The summed E-state index contributed by atoms with van der Waals surface area (Å²) < 4.78 is 24.3. The Bertz CT molecular complexity index is 1000. The highest BCUT2D eigenvalue weighted by molar-refractivity contribution is 6.03. The van der Waals surface area contributed by atoms with Gasteiger partial charge in [0.2, 0.25) is 0 Å². The van der Waals surface area contributed by atoms with Gasteiger partial charge in [-0.05, 0) is 36.8 Å². The van der Waals surface area contributed by atoms with Crippen LogP contribution in [0.5, 0.6) is 0 Å². The summed E-state index contributed by atoms with van der Waals surface area (Å²) in [4.78, 5) is 24.5. The minimum Gasteiger partial charge on any atom is -0.466 e. The Hall–Kier alpha value is -3.10. The largest absolute Gasteiger partial charge is 0.466 e. The van der Waals surface area contributed by atoms with E-state index in [1.54, 1.807) is 18.3 Å². The zero-order valence-corrected chi connectivity index (χ0v) is 17.6. The van der Waals surface area contributed by atoms with Gasteiger partial charge in [0.25, 0.3) is 0 Å². The van der Waals surface area contributed by atoms with Gasteiger partial charge in [-0.3, -0.25) is 9.88 Å². The molecule has 31 heavy (non-hydrogen) atoms. The number of esters is 1. The second-order valence-corrected chi connectivity index (χ2v) is 7.61. The van der Waals surface area contributed by atoms with Crippen LogP contribution < -0.4 is 5.32 Å². The van der Waals surface area contributed by atoms with Crippen molar-refractivity contribution in [2.75, 3.05) is 40.0 Å². The highest BCUT2D eigenvalue weighted by Crippen LogP contribution is 2.38. The van der Waals surface area contributed by atoms with Crippen LogP contribution in [0.4, 0.5) is 4.39 Å². The number of halogens is 1. The number of amidine groups is 1. The second-order valence-electron chi connectivity index (χ2n) is 7.61. The summed E-state index contributed by atoms with van der Waals surface area (Å²) in [6.07, 6.45) is 1.69. The van der Waals surface area contributed by atoms with Crippen LogP contribution >= 0.6 is 0 Å². The van der Waals surface area contributed by atoms with Crippen LogP contribution in [0.1, 0.15) is 18.2 Å². The van der Waals surface area contributed by atoms with E-state index in [1.807, 2.05) is 25.1 Å². The van der Waals surface area contributed by atoms with Crippen LogP contribution in [0.15, 0.2) is 64.9 Å². The lowest BCUT2D eigenvalue weighted by molar-refractivity contribution is -0.137. The van der Waals surface area contributed by atoms with Crippen molar-refractivity contribution in [3.8, 4) is 0 Å². The van der Waals surface area contributed by atoms with Crippen molar-refractivity contribution in [1.82, 2.24) is 15.2 Å². The third kappa shape index (κ3) is 4.35. The average Bonchev–Trinajstić information content (AvgIpc) is 2.80. The molecular formula is C23H25FN4O3. The average molecular weight is 424 g/mol. The van der Waals surface area contributed by atoms with E-state index in [9.17, 15) is 9.18 Å². The number of hydrogen-bond donors (Lipinski definition) is 1. The molecule has 1 aromatic carbocycles. The van der Waals surface area contributed by atoms with Crippen LogP contribution in [-0.2, 0) is 19.8 Å². The Kier molecular flexibility index (Phi) is 6.11. The van der Waals surface area contributed by atoms with Crippen LogP contribution in [0, 0.1) is 5.82 Å². The minimum atomic E-state index is -1.08. The van der Waals surface area contributed by atoms with Gasteiger partial charge in [-0.1, -0.05) is 18.2 Å². The normalized spacial score (nSPS) is 22.0. The lowest BCUT2D eigenvalue weighted by atomic mass is 9.82. The first-order chi connectivity index (χ1) is 15.0. The number of hydrogen-bond acceptors (Lipinski definition) is 7. The van der Waals surface area contributed by atoms with Gasteiger partial charge in [0.1, 0.15) is 17.1 Å². The fourth-order valence-corrected chi connectivity index (χ4v) is 3.94. The molecule has 162 valence electrons. The monoisotopic (exact) mass is 424 g/mol. The molecule has 2 aliphatic rings. The third-order valence-electron chi connectivity index (χ3n) is 5.58. The Morgan fingerprint density at radius 3 is 2.61 bits per heavy atom. The molecule has 0 spiro atoms. The number of carbonyl (C=O) groups is 1. The quantitative estimate of drug-likeness (QED) is 0.742. The predicted octanol–water partition coefficient (Wildman–Crippen LogP) is 2.25. The first kappa shape index (κ1) is 21.1. The number of aliphatic imine (C=N–C) groups is 1. The molecule has 1 saturated heterocycles. The number of ether oxygens (including phenoxy) is 2. The van der Waals surface area contributed by atoms with Gasteiger partial charge < -0.3 is 14.8 Å². The lowest BCUT2D eigenvalue weighted by Crippen LogP contribution is -2.46. The third-order valence-corrected chi connectivity index (χ3v) is 5.58. The van der Waals surface area contributed by atoms with Crippen molar-refractivity contribution >= 4 is 11.8 Å². The zero-order chi connectivity index (χ0) is 21.8. The second kappa shape index (κ2) is 8.95. The predicted molar refractivity (Wildman–Crippen MR) is 114 cm³/mol. The van der Waals surface area contributed by atoms with Gasteiger partial charge in [-0.15, -0.1) is 0 Å². The standard InChI is InChI=1S/C23H25FN4O3/c1-23(16-6-8-17(24)9-7-16)20(22(29)30-2)19(15-28-11-13-31-14-12-28)26-21(27-23)18-5-3-4-10-25-18/h3-10H,11-15H2,1-2H3,(H,26,27). The highest BCUT2D eigenvalue weighted by atomic mass is 19.1. The number of rotatable bonds is 5. The molecule has 7 nitrogen and oxygen atoms in total. The molecule has 0 bridgehead atoms. The molecule has 1 unspecified atom stereocenters. The first-order valence-corrected chi connectivity index (χ1v) is 10.2. The SMILES string of the molecule is COC(=O)C1=C(CN2CCOCC2)NC(c2ccccn2)=NC1(C)c1ccc(F)cc1. The molecule has 8 heteroatoms. The Morgan fingerprint density at radius 2 is 1.97 bits per heavy atom. The lowest BCUT2D eigenvalue weighted by Gasteiger charge is -2.37. The van der Waals surface area contributed by atoms with Crippen molar-refractivity contribution in [2.24, 2.45) is 4.99 Å². The number of methoxy groups -OCH3 is 1. The van der Waals surface area contributed by atoms with Gasteiger partial charge in [0, 0.05) is 31.5 Å². The molecule has 0 saturated carbocycles. The van der Waals surface area contributed by atoms with E-state index in [4.69, 9.17) is 14.5 Å². The fourth-order valence-electron chi connectivity index (χ4n) is 3.94. The van der Waals surface area contributed by atoms with Gasteiger partial charge in [-0.25, -0.2) is 14.2 Å². The summed E-state index contributed by atoms with van der Waals surface area (Å²) in [5.74, 6) is -0.290. The van der Waals surface area contributed by atoms with Gasteiger partial charge >= 0.3 is 5.97 Å². The number of nitrogens with one attached hydrogen (secondary N) is 1. The maximum atomic E-state index is 13.6. The summed E-state index contributed by atoms with van der Waals surface area (Å²) in [6.45, 7) is 5.12. The maximum Gasteiger partial charge on any atom is 0.338 e. The number of benzene rings is 1. The van der Waals surface area contributed by atoms with Gasteiger partial charge in [-0.2, -0.15) is 0 Å². The number of carbonyl (C=O) groups excluding carboxylic acids is 1. The summed E-state index contributed by atoms with van der Waals surface area (Å²) >= 11 is 0. The number of pyridine rings is 1. The first-order valence-electron chi connectivity index (χ1n) is 10.2. The van der Waals surface area contributed by atoms with E-state index in [1.165, 1.54) is 19.2 Å². The molecule has 2 aromatic rings. The Labute approximate surface area is 180 Å². The number of nitrogens with zero attached hydrogens (tertiary/aromatic N) is 3. The molecule has 1 aromatic heterocycles. The molecule has 0 radical (unpaired) electrons. The van der Waals surface area contributed by atoms with E-state index in [0.717, 1.165) is 13.1 Å². The molecule has 4 rings (SSSR count). The molecule has 2 aliphatic heterocycles. The summed E-state index contributed by atoms with van der Waals surface area (Å²) in [6, 6.07) is 11.6. The molecule has 3 heterocycles. The smallest absolute Gasteiger partial charge is 0.338 e. The van der Waals surface area contributed by atoms with Crippen molar-refractivity contribution < 1.29 is 18.7 Å². The van der Waals surface area contributed by atoms with Gasteiger partial charge in [0.05, 0.1) is 25.9 Å². The van der Waals surface area contributed by atoms with E-state index in [-0.39, 0.29) is 5.82 Å². The topological polar surface area (TPSA) is 76.0 Å². The zero-order valence-electron chi connectivity index (χ0n) is 17.6. The fraction of sp³-hybridized carbons (Fsp3) is 0.348. The highest BCUT2D eigenvalue weighted by Gasteiger charge is 2.42. The van der Waals surface area contributed by atoms with Crippen LogP contribution in [0.3, 0.4) is 0 Å².